The summed E-state index contributed by atoms with van der Waals surface area (Å²) >= 11 is 0. The zero-order valence-corrected chi connectivity index (χ0v) is 11.7. The van der Waals surface area contributed by atoms with Crippen LogP contribution in [0.1, 0.15) is 0 Å². The summed E-state index contributed by atoms with van der Waals surface area (Å²) in [6.07, 6.45) is 0. The second-order valence-electron chi connectivity index (χ2n) is 4.31. The van der Waals surface area contributed by atoms with Crippen molar-refractivity contribution in [3.05, 3.63) is 51.2 Å². The maximum Gasteiger partial charge on any atom is 0.326 e. The van der Waals surface area contributed by atoms with E-state index in [2.05, 4.69) is 9.97 Å². The van der Waals surface area contributed by atoms with Gasteiger partial charge in [-0.3, -0.25) is 9.78 Å². The van der Waals surface area contributed by atoms with Gasteiger partial charge in [0.25, 0.3) is 5.56 Å². The van der Waals surface area contributed by atoms with Gasteiger partial charge in [-0.05, 0) is 17.7 Å². The fourth-order valence-corrected chi connectivity index (χ4v) is 2.54. The van der Waals surface area contributed by atoms with Crippen LogP contribution in [-0.2, 0) is 10.0 Å². The van der Waals surface area contributed by atoms with E-state index in [-0.39, 0.29) is 4.90 Å². The molecule has 0 aliphatic carbocycles. The SMILES string of the molecule is CN(C)S(=O)(=O)c1ccc(-c2cc(=O)[nH]c(=O)[nH]2)cc1. The molecule has 1 heterocycles. The van der Waals surface area contributed by atoms with Gasteiger partial charge in [0.1, 0.15) is 0 Å². The maximum absolute atomic E-state index is 11.9. The maximum atomic E-state index is 11.9. The minimum absolute atomic E-state index is 0.137. The minimum Gasteiger partial charge on any atom is -0.307 e. The van der Waals surface area contributed by atoms with Crippen LogP contribution in [0.4, 0.5) is 0 Å². The summed E-state index contributed by atoms with van der Waals surface area (Å²) in [7, 11) is -0.615. The van der Waals surface area contributed by atoms with Gasteiger partial charge in [0, 0.05) is 20.2 Å². The third kappa shape index (κ3) is 2.70. The van der Waals surface area contributed by atoms with Gasteiger partial charge < -0.3 is 4.98 Å². The van der Waals surface area contributed by atoms with Crippen LogP contribution in [0.2, 0.25) is 0 Å². The molecule has 2 rings (SSSR count). The number of hydrogen-bond acceptors (Lipinski definition) is 4. The predicted octanol–water partition coefficient (Wildman–Crippen LogP) is -0.0195. The average molecular weight is 295 g/mol. The van der Waals surface area contributed by atoms with Crippen molar-refractivity contribution >= 4 is 10.0 Å². The molecule has 7 nitrogen and oxygen atoms in total. The third-order valence-corrected chi connectivity index (χ3v) is 4.53. The summed E-state index contributed by atoms with van der Waals surface area (Å²) in [5, 5.41) is 0. The lowest BCUT2D eigenvalue weighted by Gasteiger charge is -2.11. The van der Waals surface area contributed by atoms with E-state index >= 15 is 0 Å². The normalized spacial score (nSPS) is 11.8. The predicted molar refractivity (Wildman–Crippen MR) is 74.0 cm³/mol. The quantitative estimate of drug-likeness (QED) is 0.830. The summed E-state index contributed by atoms with van der Waals surface area (Å²) in [6, 6.07) is 7.13. The molecule has 20 heavy (non-hydrogen) atoms. The van der Waals surface area contributed by atoms with Gasteiger partial charge in [0.15, 0.2) is 0 Å². The van der Waals surface area contributed by atoms with Crippen molar-refractivity contribution in [1.82, 2.24) is 14.3 Å². The number of H-pyrrole nitrogens is 2. The van der Waals surface area contributed by atoms with Gasteiger partial charge in [-0.1, -0.05) is 12.1 Å². The largest absolute Gasteiger partial charge is 0.326 e. The Bertz CT molecular complexity index is 804. The summed E-state index contributed by atoms with van der Waals surface area (Å²) in [6.45, 7) is 0. The van der Waals surface area contributed by atoms with Crippen molar-refractivity contribution in [2.45, 2.75) is 4.90 Å². The first kappa shape index (κ1) is 14.2. The van der Waals surface area contributed by atoms with Gasteiger partial charge >= 0.3 is 5.69 Å². The molecule has 2 N–H and O–H groups in total. The zero-order valence-electron chi connectivity index (χ0n) is 10.9. The number of benzene rings is 1. The van der Waals surface area contributed by atoms with E-state index in [9.17, 15) is 18.0 Å². The van der Waals surface area contributed by atoms with Crippen LogP contribution in [-0.4, -0.2) is 36.8 Å². The second-order valence-corrected chi connectivity index (χ2v) is 6.47. The van der Waals surface area contributed by atoms with Crippen LogP contribution >= 0.6 is 0 Å². The van der Waals surface area contributed by atoms with E-state index in [4.69, 9.17) is 0 Å². The van der Waals surface area contributed by atoms with E-state index in [1.807, 2.05) is 0 Å². The molecule has 0 unspecified atom stereocenters. The van der Waals surface area contributed by atoms with Crippen molar-refractivity contribution in [3.8, 4) is 11.3 Å². The number of rotatable bonds is 3. The highest BCUT2D eigenvalue weighted by Gasteiger charge is 2.16. The van der Waals surface area contributed by atoms with Gasteiger partial charge in [0.2, 0.25) is 10.0 Å². The molecule has 0 aliphatic heterocycles. The summed E-state index contributed by atoms with van der Waals surface area (Å²) in [4.78, 5) is 27.1. The fourth-order valence-electron chi connectivity index (χ4n) is 1.64. The number of aromatic nitrogens is 2. The molecular formula is C12H13N3O4S. The standard InChI is InChI=1S/C12H13N3O4S/c1-15(2)20(18,19)9-5-3-8(4-6-9)10-7-11(16)14-12(17)13-10/h3-7H,1-2H3,(H2,13,14,16,17). The number of nitrogens with one attached hydrogen (secondary N) is 2. The Morgan fingerprint density at radius 1 is 1.00 bits per heavy atom. The highest BCUT2D eigenvalue weighted by molar-refractivity contribution is 7.89. The lowest BCUT2D eigenvalue weighted by Crippen LogP contribution is -2.22. The topological polar surface area (TPSA) is 103 Å². The van der Waals surface area contributed by atoms with Gasteiger partial charge in [-0.2, -0.15) is 0 Å². The minimum atomic E-state index is -3.50. The number of hydrogen-bond donors (Lipinski definition) is 2. The smallest absolute Gasteiger partial charge is 0.307 e. The highest BCUT2D eigenvalue weighted by Crippen LogP contribution is 2.19. The first-order valence-corrected chi connectivity index (χ1v) is 7.11. The van der Waals surface area contributed by atoms with Crippen molar-refractivity contribution in [2.75, 3.05) is 14.1 Å². The van der Waals surface area contributed by atoms with Gasteiger partial charge in [-0.25, -0.2) is 17.5 Å². The zero-order chi connectivity index (χ0) is 14.9. The molecule has 0 saturated carbocycles. The Kier molecular flexibility index (Phi) is 3.60. The first-order chi connectivity index (χ1) is 9.30. The molecule has 0 amide bonds. The molecule has 0 spiro atoms. The molecule has 1 aromatic heterocycles. The molecule has 2 aromatic rings. The molecule has 106 valence electrons. The lowest BCUT2D eigenvalue weighted by atomic mass is 10.1. The highest BCUT2D eigenvalue weighted by atomic mass is 32.2. The molecule has 0 atom stereocenters. The molecule has 1 aromatic carbocycles. The monoisotopic (exact) mass is 295 g/mol. The molecule has 0 saturated heterocycles. The number of aromatic amines is 2. The van der Waals surface area contributed by atoms with E-state index in [0.717, 1.165) is 4.31 Å². The Hall–Kier alpha value is -2.19. The molecule has 0 fully saturated rings. The van der Waals surface area contributed by atoms with E-state index in [1.165, 1.54) is 44.4 Å². The number of nitrogens with zero attached hydrogens (tertiary/aromatic N) is 1. The summed E-state index contributed by atoms with van der Waals surface area (Å²) in [5.41, 5.74) is -0.260. The molecule has 0 radical (unpaired) electrons. The van der Waals surface area contributed by atoms with Crippen molar-refractivity contribution in [2.24, 2.45) is 0 Å². The van der Waals surface area contributed by atoms with Crippen LogP contribution in [0.3, 0.4) is 0 Å². The Morgan fingerprint density at radius 2 is 1.60 bits per heavy atom. The Labute approximate surface area is 115 Å². The lowest BCUT2D eigenvalue weighted by molar-refractivity contribution is 0.521. The molecule has 8 heteroatoms. The van der Waals surface area contributed by atoms with Crippen LogP contribution in [0.15, 0.2) is 44.8 Å². The van der Waals surface area contributed by atoms with Gasteiger partial charge in [0.05, 0.1) is 10.6 Å². The molecule has 0 aliphatic rings. The van der Waals surface area contributed by atoms with Gasteiger partial charge in [-0.15, -0.1) is 0 Å². The van der Waals surface area contributed by atoms with Crippen LogP contribution < -0.4 is 11.2 Å². The van der Waals surface area contributed by atoms with Crippen LogP contribution in [0.25, 0.3) is 11.3 Å². The number of sulfonamides is 1. The molecular weight excluding hydrogens is 282 g/mol. The van der Waals surface area contributed by atoms with Crippen LogP contribution in [0.5, 0.6) is 0 Å². The Balaban J connectivity index is 2.48. The second kappa shape index (κ2) is 5.06. The van der Waals surface area contributed by atoms with Crippen molar-refractivity contribution in [1.29, 1.82) is 0 Å². The summed E-state index contributed by atoms with van der Waals surface area (Å²) < 4.78 is 24.9. The third-order valence-electron chi connectivity index (χ3n) is 2.70. The average Bonchev–Trinajstić information content (AvgIpc) is 2.37. The Morgan fingerprint density at radius 3 is 2.10 bits per heavy atom. The summed E-state index contributed by atoms with van der Waals surface area (Å²) in [5.74, 6) is 0. The fraction of sp³-hybridized carbons (Fsp3) is 0.167. The van der Waals surface area contributed by atoms with E-state index < -0.39 is 21.3 Å². The van der Waals surface area contributed by atoms with E-state index in [1.54, 1.807) is 0 Å². The first-order valence-electron chi connectivity index (χ1n) is 5.67. The van der Waals surface area contributed by atoms with Crippen molar-refractivity contribution in [3.63, 3.8) is 0 Å². The van der Waals surface area contributed by atoms with E-state index in [0.29, 0.717) is 11.3 Å². The van der Waals surface area contributed by atoms with Crippen molar-refractivity contribution < 1.29 is 8.42 Å². The molecule has 0 bridgehead atoms. The van der Waals surface area contributed by atoms with Crippen LogP contribution in [0, 0.1) is 0 Å².